The van der Waals surface area contributed by atoms with Gasteiger partial charge in [0, 0.05) is 17.5 Å². The minimum absolute atomic E-state index is 0.0299. The lowest BCUT2D eigenvalue weighted by molar-refractivity contribution is -0.122. The Hall–Kier alpha value is -1.84. The summed E-state index contributed by atoms with van der Waals surface area (Å²) >= 11 is 5.99. The summed E-state index contributed by atoms with van der Waals surface area (Å²) in [4.78, 5) is 12.2. The number of amides is 1. The lowest BCUT2D eigenvalue weighted by atomic mass is 10.1. The van der Waals surface area contributed by atoms with Gasteiger partial charge < -0.3 is 10.4 Å². The molecule has 1 aliphatic carbocycles. The maximum atomic E-state index is 12.2. The molecule has 0 spiro atoms. The van der Waals surface area contributed by atoms with Crippen LogP contribution in [-0.2, 0) is 4.79 Å². The first-order chi connectivity index (χ1) is 11.1. The van der Waals surface area contributed by atoms with E-state index in [9.17, 15) is 9.90 Å². The molecule has 0 aliphatic heterocycles. The van der Waals surface area contributed by atoms with Gasteiger partial charge in [-0.2, -0.15) is 0 Å². The second kappa shape index (κ2) is 7.16. The van der Waals surface area contributed by atoms with E-state index in [1.807, 2.05) is 54.6 Å². The van der Waals surface area contributed by atoms with Crippen molar-refractivity contribution in [2.45, 2.75) is 24.9 Å². The predicted molar refractivity (Wildman–Crippen MR) is 91.3 cm³/mol. The van der Waals surface area contributed by atoms with Crippen molar-refractivity contribution in [1.82, 2.24) is 5.32 Å². The molecule has 1 amide bonds. The van der Waals surface area contributed by atoms with Crippen LogP contribution >= 0.6 is 11.6 Å². The second-order valence-electron chi connectivity index (χ2n) is 6.01. The van der Waals surface area contributed by atoms with Crippen molar-refractivity contribution < 1.29 is 9.90 Å². The molecule has 2 aromatic rings. The van der Waals surface area contributed by atoms with Crippen LogP contribution in [0.2, 0.25) is 5.02 Å². The Morgan fingerprint density at radius 2 is 2.00 bits per heavy atom. The van der Waals surface area contributed by atoms with E-state index in [-0.39, 0.29) is 17.7 Å². The number of hydrogen-bond donors (Lipinski definition) is 2. The van der Waals surface area contributed by atoms with E-state index < -0.39 is 6.10 Å². The van der Waals surface area contributed by atoms with Gasteiger partial charge in [-0.3, -0.25) is 4.79 Å². The topological polar surface area (TPSA) is 49.3 Å². The fourth-order valence-electron chi connectivity index (χ4n) is 2.90. The zero-order chi connectivity index (χ0) is 16.2. The Morgan fingerprint density at radius 1 is 1.22 bits per heavy atom. The van der Waals surface area contributed by atoms with Crippen molar-refractivity contribution in [2.75, 3.05) is 6.54 Å². The van der Waals surface area contributed by atoms with E-state index in [0.29, 0.717) is 18.0 Å². The molecule has 23 heavy (non-hydrogen) atoms. The first-order valence-electron chi connectivity index (χ1n) is 7.91. The Kier molecular flexibility index (Phi) is 4.99. The molecule has 3 atom stereocenters. The lowest BCUT2D eigenvalue weighted by Gasteiger charge is -2.11. The van der Waals surface area contributed by atoms with Gasteiger partial charge in [0.05, 0.1) is 6.10 Å². The van der Waals surface area contributed by atoms with Gasteiger partial charge in [0.25, 0.3) is 0 Å². The number of aliphatic hydroxyl groups excluding tert-OH is 1. The molecular weight excluding hydrogens is 310 g/mol. The van der Waals surface area contributed by atoms with Gasteiger partial charge in [0.1, 0.15) is 0 Å². The van der Waals surface area contributed by atoms with Crippen LogP contribution < -0.4 is 5.32 Å². The summed E-state index contributed by atoms with van der Waals surface area (Å²) in [7, 11) is 0. The lowest BCUT2D eigenvalue weighted by Crippen LogP contribution is -2.27. The SMILES string of the molecule is O=C(NCCC(O)c1ccccc1)C1CC1c1cccc(Cl)c1. The van der Waals surface area contributed by atoms with Crippen molar-refractivity contribution in [1.29, 1.82) is 0 Å². The third-order valence-electron chi connectivity index (χ3n) is 4.31. The maximum absolute atomic E-state index is 12.2. The Balaban J connectivity index is 1.44. The molecule has 3 rings (SSSR count). The summed E-state index contributed by atoms with van der Waals surface area (Å²) in [5, 5.41) is 13.7. The van der Waals surface area contributed by atoms with Crippen molar-refractivity contribution >= 4 is 17.5 Å². The summed E-state index contributed by atoms with van der Waals surface area (Å²) in [6, 6.07) is 17.2. The highest BCUT2D eigenvalue weighted by atomic mass is 35.5. The smallest absolute Gasteiger partial charge is 0.223 e. The highest BCUT2D eigenvalue weighted by Gasteiger charge is 2.43. The number of nitrogens with one attached hydrogen (secondary N) is 1. The summed E-state index contributed by atoms with van der Waals surface area (Å²) in [6.07, 6.45) is 0.844. The Bertz CT molecular complexity index is 674. The number of rotatable bonds is 6. The van der Waals surface area contributed by atoms with Crippen LogP contribution in [-0.4, -0.2) is 17.6 Å². The molecule has 3 unspecified atom stereocenters. The predicted octanol–water partition coefficient (Wildman–Crippen LogP) is 3.68. The average molecular weight is 330 g/mol. The third-order valence-corrected chi connectivity index (χ3v) is 4.54. The summed E-state index contributed by atoms with van der Waals surface area (Å²) in [5.74, 6) is 0.366. The first kappa shape index (κ1) is 16.0. The molecule has 0 heterocycles. The number of benzene rings is 2. The highest BCUT2D eigenvalue weighted by molar-refractivity contribution is 6.30. The fraction of sp³-hybridized carbons (Fsp3) is 0.316. The summed E-state index contributed by atoms with van der Waals surface area (Å²) < 4.78 is 0. The van der Waals surface area contributed by atoms with Gasteiger partial charge in [-0.15, -0.1) is 0 Å². The van der Waals surface area contributed by atoms with Crippen molar-refractivity contribution in [3.63, 3.8) is 0 Å². The molecule has 1 fully saturated rings. The van der Waals surface area contributed by atoms with E-state index in [1.54, 1.807) is 0 Å². The molecular formula is C19H20ClNO2. The minimum atomic E-state index is -0.542. The van der Waals surface area contributed by atoms with Crippen molar-refractivity contribution in [2.24, 2.45) is 5.92 Å². The zero-order valence-corrected chi connectivity index (χ0v) is 13.5. The number of carbonyl (C=O) groups is 1. The molecule has 0 aromatic heterocycles. The molecule has 120 valence electrons. The van der Waals surface area contributed by atoms with E-state index in [1.165, 1.54) is 0 Å². The molecule has 3 nitrogen and oxygen atoms in total. The van der Waals surface area contributed by atoms with Crippen LogP contribution in [0, 0.1) is 5.92 Å². The molecule has 0 saturated heterocycles. The molecule has 0 radical (unpaired) electrons. The van der Waals surface area contributed by atoms with Gasteiger partial charge >= 0.3 is 0 Å². The largest absolute Gasteiger partial charge is 0.388 e. The molecule has 2 aromatic carbocycles. The monoisotopic (exact) mass is 329 g/mol. The zero-order valence-electron chi connectivity index (χ0n) is 12.8. The van der Waals surface area contributed by atoms with Gasteiger partial charge in [-0.25, -0.2) is 0 Å². The third kappa shape index (κ3) is 4.12. The molecule has 0 bridgehead atoms. The van der Waals surface area contributed by atoms with Crippen LogP contribution in [0.25, 0.3) is 0 Å². The Labute approximate surface area is 141 Å². The number of hydrogen-bond acceptors (Lipinski definition) is 2. The molecule has 2 N–H and O–H groups in total. The van der Waals surface area contributed by atoms with Crippen LogP contribution in [0.15, 0.2) is 54.6 Å². The minimum Gasteiger partial charge on any atom is -0.388 e. The number of aliphatic hydroxyl groups is 1. The number of carbonyl (C=O) groups excluding carboxylic acids is 1. The molecule has 1 aliphatic rings. The maximum Gasteiger partial charge on any atom is 0.223 e. The molecule has 4 heteroatoms. The molecule has 1 saturated carbocycles. The van der Waals surface area contributed by atoms with E-state index >= 15 is 0 Å². The van der Waals surface area contributed by atoms with E-state index in [4.69, 9.17) is 11.6 Å². The van der Waals surface area contributed by atoms with Gasteiger partial charge in [-0.1, -0.05) is 54.1 Å². The average Bonchev–Trinajstić information content (AvgIpc) is 3.36. The summed E-state index contributed by atoms with van der Waals surface area (Å²) in [6.45, 7) is 0.480. The van der Waals surface area contributed by atoms with E-state index in [0.717, 1.165) is 17.5 Å². The standard InChI is InChI=1S/C19H20ClNO2/c20-15-8-4-7-14(11-15)16-12-17(16)19(23)21-10-9-18(22)13-5-2-1-3-6-13/h1-8,11,16-18,22H,9-10,12H2,(H,21,23). The Morgan fingerprint density at radius 3 is 2.74 bits per heavy atom. The van der Waals surface area contributed by atoms with Crippen LogP contribution in [0.4, 0.5) is 0 Å². The normalized spacial score (nSPS) is 20.8. The summed E-state index contributed by atoms with van der Waals surface area (Å²) in [5.41, 5.74) is 2.01. The van der Waals surface area contributed by atoms with Crippen LogP contribution in [0.3, 0.4) is 0 Å². The van der Waals surface area contributed by atoms with Gasteiger partial charge in [-0.05, 0) is 42.0 Å². The fourth-order valence-corrected chi connectivity index (χ4v) is 3.09. The second-order valence-corrected chi connectivity index (χ2v) is 6.45. The van der Waals surface area contributed by atoms with Crippen LogP contribution in [0.5, 0.6) is 0 Å². The van der Waals surface area contributed by atoms with E-state index in [2.05, 4.69) is 5.32 Å². The van der Waals surface area contributed by atoms with Gasteiger partial charge in [0.2, 0.25) is 5.91 Å². The quantitative estimate of drug-likeness (QED) is 0.849. The van der Waals surface area contributed by atoms with Crippen molar-refractivity contribution in [3.8, 4) is 0 Å². The van der Waals surface area contributed by atoms with Crippen molar-refractivity contribution in [3.05, 3.63) is 70.7 Å². The number of halogens is 1. The first-order valence-corrected chi connectivity index (χ1v) is 8.29. The van der Waals surface area contributed by atoms with Gasteiger partial charge in [0.15, 0.2) is 0 Å². The van der Waals surface area contributed by atoms with Crippen LogP contribution in [0.1, 0.15) is 36.0 Å². The highest BCUT2D eigenvalue weighted by Crippen LogP contribution is 2.47.